The van der Waals surface area contributed by atoms with E-state index in [9.17, 15) is 4.79 Å². The summed E-state index contributed by atoms with van der Waals surface area (Å²) in [7, 11) is 0. The molecule has 0 aliphatic rings. The first-order valence-corrected chi connectivity index (χ1v) is 10.1. The Kier molecular flexibility index (Phi) is 4.71. The number of aromatic nitrogens is 1. The number of carbonyl (C=O) groups is 1. The molecule has 0 aliphatic heterocycles. The fourth-order valence-electron chi connectivity index (χ4n) is 2.73. The van der Waals surface area contributed by atoms with Gasteiger partial charge in [-0.15, -0.1) is 17.9 Å². The van der Waals surface area contributed by atoms with Crippen LogP contribution in [0.25, 0.3) is 20.3 Å². The van der Waals surface area contributed by atoms with Crippen LogP contribution in [-0.4, -0.2) is 10.5 Å². The Morgan fingerprint density at radius 3 is 2.73 bits per heavy atom. The maximum Gasteiger partial charge on any atom is 0.291 e. The molecule has 1 amide bonds. The van der Waals surface area contributed by atoms with E-state index in [1.54, 1.807) is 6.08 Å². The molecular formula is C19H12Cl2N2OS2. The Morgan fingerprint density at radius 2 is 1.96 bits per heavy atom. The predicted octanol–water partition coefficient (Wildman–Crippen LogP) is 6.15. The largest absolute Gasteiger partial charge is 0.312 e. The lowest BCUT2D eigenvalue weighted by atomic mass is 10.2. The highest BCUT2D eigenvalue weighted by Crippen LogP contribution is 2.35. The molecule has 26 heavy (non-hydrogen) atoms. The molecule has 0 spiro atoms. The summed E-state index contributed by atoms with van der Waals surface area (Å²) in [4.78, 5) is 18.2. The molecule has 7 heteroatoms. The van der Waals surface area contributed by atoms with E-state index in [4.69, 9.17) is 23.2 Å². The number of halogens is 2. The minimum absolute atomic E-state index is 0.341. The number of fused-ring (bicyclic) bond motifs is 2. The van der Waals surface area contributed by atoms with E-state index in [0.29, 0.717) is 26.3 Å². The number of rotatable bonds is 3. The van der Waals surface area contributed by atoms with Crippen molar-refractivity contribution in [3.63, 3.8) is 0 Å². The monoisotopic (exact) mass is 418 g/mol. The van der Waals surface area contributed by atoms with Crippen molar-refractivity contribution in [2.75, 3.05) is 0 Å². The molecule has 0 saturated carbocycles. The SMILES string of the molecule is C=CCn1c(=NC(=O)c2sc3ccccc3c2Cl)sc2cc(Cl)ccc21. The molecule has 130 valence electrons. The van der Waals surface area contributed by atoms with E-state index in [0.717, 1.165) is 20.3 Å². The van der Waals surface area contributed by atoms with Gasteiger partial charge in [0.15, 0.2) is 4.80 Å². The number of hydrogen-bond acceptors (Lipinski definition) is 3. The van der Waals surface area contributed by atoms with E-state index >= 15 is 0 Å². The number of hydrogen-bond donors (Lipinski definition) is 0. The highest BCUT2D eigenvalue weighted by molar-refractivity contribution is 7.21. The second kappa shape index (κ2) is 7.00. The van der Waals surface area contributed by atoms with Crippen LogP contribution in [0.1, 0.15) is 9.67 Å². The smallest absolute Gasteiger partial charge is 0.291 e. The van der Waals surface area contributed by atoms with Crippen LogP contribution in [0.5, 0.6) is 0 Å². The van der Waals surface area contributed by atoms with Crippen molar-refractivity contribution >= 4 is 72.1 Å². The Hall–Kier alpha value is -1.92. The molecule has 0 N–H and O–H groups in total. The number of carbonyl (C=O) groups excluding carboxylic acids is 1. The zero-order valence-electron chi connectivity index (χ0n) is 13.4. The zero-order chi connectivity index (χ0) is 18.3. The highest BCUT2D eigenvalue weighted by Gasteiger charge is 2.17. The van der Waals surface area contributed by atoms with Gasteiger partial charge in [-0.05, 0) is 24.3 Å². The Balaban J connectivity index is 1.89. The molecular weight excluding hydrogens is 407 g/mol. The molecule has 0 radical (unpaired) electrons. The minimum Gasteiger partial charge on any atom is -0.312 e. The maximum absolute atomic E-state index is 12.8. The van der Waals surface area contributed by atoms with Crippen molar-refractivity contribution in [1.29, 1.82) is 0 Å². The van der Waals surface area contributed by atoms with Crippen molar-refractivity contribution in [2.45, 2.75) is 6.54 Å². The summed E-state index contributed by atoms with van der Waals surface area (Å²) in [6, 6.07) is 13.3. The molecule has 2 aromatic carbocycles. The van der Waals surface area contributed by atoms with Gasteiger partial charge < -0.3 is 4.57 Å². The summed E-state index contributed by atoms with van der Waals surface area (Å²) in [6.07, 6.45) is 1.77. The zero-order valence-corrected chi connectivity index (χ0v) is 16.6. The van der Waals surface area contributed by atoms with E-state index in [1.807, 2.05) is 47.0 Å². The summed E-state index contributed by atoms with van der Waals surface area (Å²) >= 11 is 15.3. The molecule has 0 aliphatic carbocycles. The molecule has 4 rings (SSSR count). The van der Waals surface area contributed by atoms with E-state index in [-0.39, 0.29) is 5.91 Å². The first-order valence-electron chi connectivity index (χ1n) is 7.74. The molecule has 0 bridgehead atoms. The lowest BCUT2D eigenvalue weighted by Crippen LogP contribution is -2.16. The molecule has 4 aromatic rings. The van der Waals surface area contributed by atoms with Crippen LogP contribution in [0.4, 0.5) is 0 Å². The molecule has 0 saturated heterocycles. The van der Waals surface area contributed by atoms with E-state index < -0.39 is 0 Å². The second-order valence-electron chi connectivity index (χ2n) is 5.55. The van der Waals surface area contributed by atoms with Crippen molar-refractivity contribution in [1.82, 2.24) is 4.57 Å². The van der Waals surface area contributed by atoms with Crippen LogP contribution in [0.3, 0.4) is 0 Å². The number of nitrogens with zero attached hydrogens (tertiary/aromatic N) is 2. The van der Waals surface area contributed by atoms with Crippen LogP contribution < -0.4 is 4.80 Å². The summed E-state index contributed by atoms with van der Waals surface area (Å²) in [6.45, 7) is 4.34. The van der Waals surface area contributed by atoms with Crippen molar-refractivity contribution in [2.24, 2.45) is 4.99 Å². The van der Waals surface area contributed by atoms with Crippen LogP contribution in [-0.2, 0) is 6.54 Å². The number of amides is 1. The number of thiazole rings is 1. The lowest BCUT2D eigenvalue weighted by molar-refractivity contribution is 0.100. The molecule has 3 nitrogen and oxygen atoms in total. The van der Waals surface area contributed by atoms with Gasteiger partial charge in [0.05, 0.1) is 15.2 Å². The van der Waals surface area contributed by atoms with E-state index in [1.165, 1.54) is 22.7 Å². The number of benzene rings is 2. The average molecular weight is 419 g/mol. The Bertz CT molecular complexity index is 1230. The minimum atomic E-state index is -0.341. The lowest BCUT2D eigenvalue weighted by Gasteiger charge is -2.00. The fourth-order valence-corrected chi connectivity index (χ4v) is 5.44. The maximum atomic E-state index is 12.8. The molecule has 0 atom stereocenters. The van der Waals surface area contributed by atoms with Crippen LogP contribution >= 0.6 is 45.9 Å². The highest BCUT2D eigenvalue weighted by atomic mass is 35.5. The van der Waals surface area contributed by atoms with Gasteiger partial charge in [0.2, 0.25) is 0 Å². The van der Waals surface area contributed by atoms with Crippen LogP contribution in [0, 0.1) is 0 Å². The number of thiophene rings is 1. The van der Waals surface area contributed by atoms with Crippen molar-refractivity contribution in [3.05, 3.63) is 74.8 Å². The first-order chi connectivity index (χ1) is 12.6. The summed E-state index contributed by atoms with van der Waals surface area (Å²) < 4.78 is 3.88. The Morgan fingerprint density at radius 1 is 1.15 bits per heavy atom. The molecule has 0 unspecified atom stereocenters. The Labute approximate surface area is 167 Å². The van der Waals surface area contributed by atoms with Gasteiger partial charge in [-0.2, -0.15) is 4.99 Å². The van der Waals surface area contributed by atoms with Gasteiger partial charge in [-0.25, -0.2) is 0 Å². The summed E-state index contributed by atoms with van der Waals surface area (Å²) in [5, 5.41) is 1.98. The van der Waals surface area contributed by atoms with Gasteiger partial charge in [0.1, 0.15) is 4.88 Å². The first kappa shape index (κ1) is 17.5. The third-order valence-electron chi connectivity index (χ3n) is 3.88. The normalized spacial score (nSPS) is 12.2. The van der Waals surface area contributed by atoms with Gasteiger partial charge in [-0.3, -0.25) is 4.79 Å². The van der Waals surface area contributed by atoms with Gasteiger partial charge in [-0.1, -0.05) is 58.8 Å². The third kappa shape index (κ3) is 3.01. The quantitative estimate of drug-likeness (QED) is 0.367. The standard InChI is InChI=1S/C19H12Cl2N2OS2/c1-2-9-23-13-8-7-11(20)10-15(13)26-19(23)22-18(24)17-16(21)12-5-3-4-6-14(12)25-17/h2-8,10H,1,9H2. The topological polar surface area (TPSA) is 34.4 Å². The van der Waals surface area contributed by atoms with Gasteiger partial charge in [0, 0.05) is 21.7 Å². The molecule has 2 aromatic heterocycles. The number of allylic oxidation sites excluding steroid dienone is 1. The summed E-state index contributed by atoms with van der Waals surface area (Å²) in [5.74, 6) is -0.341. The van der Waals surface area contributed by atoms with Gasteiger partial charge >= 0.3 is 0 Å². The third-order valence-corrected chi connectivity index (χ3v) is 6.82. The molecule has 2 heterocycles. The van der Waals surface area contributed by atoms with E-state index in [2.05, 4.69) is 11.6 Å². The fraction of sp³-hybridized carbons (Fsp3) is 0.0526. The molecule has 0 fully saturated rings. The van der Waals surface area contributed by atoms with Crippen molar-refractivity contribution in [3.8, 4) is 0 Å². The van der Waals surface area contributed by atoms with Crippen LogP contribution in [0.2, 0.25) is 10.0 Å². The summed E-state index contributed by atoms with van der Waals surface area (Å²) in [5.41, 5.74) is 0.966. The van der Waals surface area contributed by atoms with Crippen LogP contribution in [0.15, 0.2) is 60.1 Å². The average Bonchev–Trinajstić information content (AvgIpc) is 3.13. The second-order valence-corrected chi connectivity index (χ2v) is 8.43. The van der Waals surface area contributed by atoms with Gasteiger partial charge in [0.25, 0.3) is 5.91 Å². The predicted molar refractivity (Wildman–Crippen MR) is 112 cm³/mol. The van der Waals surface area contributed by atoms with Crippen molar-refractivity contribution < 1.29 is 4.79 Å².